The van der Waals surface area contributed by atoms with Crippen LogP contribution in [0.4, 0.5) is 13.2 Å². The van der Waals surface area contributed by atoms with Crippen molar-refractivity contribution < 1.29 is 22.7 Å². The molecule has 1 aliphatic heterocycles. The van der Waals surface area contributed by atoms with E-state index >= 15 is 0 Å². The largest absolute Gasteiger partial charge is 0.430 e. The van der Waals surface area contributed by atoms with Crippen LogP contribution in [0.15, 0.2) is 23.4 Å². The third kappa shape index (κ3) is 5.82. The Morgan fingerprint density at radius 1 is 1.17 bits per heavy atom. The number of carbonyl (C=O) groups excluding carboxylic acids is 1. The van der Waals surface area contributed by atoms with Crippen LogP contribution in [0.1, 0.15) is 107 Å². The number of Topliss-reactive ketones (excluding diaryl/α,β-unsaturated/α-hetero) is 1. The third-order valence-corrected chi connectivity index (χ3v) is 7.19. The van der Waals surface area contributed by atoms with Crippen LogP contribution in [-0.4, -0.2) is 29.6 Å². The van der Waals surface area contributed by atoms with Crippen molar-refractivity contribution in [2.45, 2.75) is 99.5 Å². The predicted molar refractivity (Wildman–Crippen MR) is 132 cm³/mol. The van der Waals surface area contributed by atoms with Gasteiger partial charge in [-0.3, -0.25) is 9.78 Å². The zero-order valence-corrected chi connectivity index (χ0v) is 22.4. The number of pyridine rings is 1. The fraction of sp³-hybridized carbons (Fsp3) is 0.643. The topological polar surface area (TPSA) is 51.2 Å². The molecule has 2 unspecified atom stereocenters. The van der Waals surface area contributed by atoms with Crippen molar-refractivity contribution in [3.05, 3.63) is 51.5 Å². The van der Waals surface area contributed by atoms with Crippen LogP contribution in [0, 0.1) is 17.8 Å². The Labute approximate surface area is 207 Å². The smallest absolute Gasteiger partial charge is 0.377 e. The lowest BCUT2D eigenvalue weighted by molar-refractivity contribution is -0.0966. The number of nitrogens with one attached hydrogen (secondary N) is 1. The molecule has 0 amide bonds. The van der Waals surface area contributed by atoms with Gasteiger partial charge in [-0.05, 0) is 55.1 Å². The number of rotatable bonds is 5. The normalized spacial score (nSPS) is 21.1. The molecule has 0 radical (unpaired) electrons. The van der Waals surface area contributed by atoms with Crippen LogP contribution in [0.25, 0.3) is 0 Å². The first-order valence-corrected chi connectivity index (χ1v) is 12.4. The Kier molecular flexibility index (Phi) is 7.35. The first-order valence-electron chi connectivity index (χ1n) is 12.4. The number of halogens is 3. The maximum Gasteiger partial charge on any atom is 0.430 e. The van der Waals surface area contributed by atoms with Gasteiger partial charge in [0, 0.05) is 28.9 Å². The number of carbonyl (C=O) groups is 1. The van der Waals surface area contributed by atoms with Gasteiger partial charge in [0.05, 0.1) is 17.9 Å². The molecule has 2 heterocycles. The Morgan fingerprint density at radius 3 is 2.29 bits per heavy atom. The van der Waals surface area contributed by atoms with Gasteiger partial charge < -0.3 is 10.1 Å². The second-order valence-corrected chi connectivity index (χ2v) is 12.1. The number of ketones is 1. The van der Waals surface area contributed by atoms with Crippen LogP contribution in [0.3, 0.4) is 0 Å². The summed E-state index contributed by atoms with van der Waals surface area (Å²) in [6.07, 6.45) is -0.899. The SMILES string of the molecule is Cc1c(C(=O)C2=CC=C(C(F)(F)F)NC2)c(C(C)C)nc2c1C(OC(C)C(C)(C)C)CC(C)(C)C2. The van der Waals surface area contributed by atoms with E-state index in [0.717, 1.165) is 35.7 Å². The zero-order chi connectivity index (χ0) is 26.5. The summed E-state index contributed by atoms with van der Waals surface area (Å²) in [6.45, 7) is 18.6. The van der Waals surface area contributed by atoms with Gasteiger partial charge in [-0.1, -0.05) is 54.5 Å². The molecule has 3 rings (SSSR count). The average molecular weight is 493 g/mol. The van der Waals surface area contributed by atoms with Crippen molar-refractivity contribution >= 4 is 5.78 Å². The standard InChI is InChI=1S/C28H39F3N2O2/c1-15(2)24-23(25(34)18-10-11-21(32-14-18)28(29,30)31)16(3)22-19(33-24)12-27(8,9)13-20(22)35-17(4)26(5,6)7/h10-11,15,17,20,32H,12-14H2,1-9H3. The molecule has 0 saturated heterocycles. The number of fused-ring (bicyclic) bond motifs is 1. The lowest BCUT2D eigenvalue weighted by atomic mass is 9.72. The summed E-state index contributed by atoms with van der Waals surface area (Å²) in [5.74, 6) is -0.298. The fourth-order valence-corrected chi connectivity index (χ4v) is 4.77. The number of ether oxygens (including phenoxy) is 1. The molecule has 1 N–H and O–H groups in total. The van der Waals surface area contributed by atoms with E-state index in [1.807, 2.05) is 20.8 Å². The fourth-order valence-electron chi connectivity index (χ4n) is 4.77. The molecule has 2 aliphatic rings. The summed E-state index contributed by atoms with van der Waals surface area (Å²) in [6, 6.07) is 0. The molecule has 1 aromatic rings. The molecule has 194 valence electrons. The van der Waals surface area contributed by atoms with Crippen LogP contribution < -0.4 is 5.32 Å². The van der Waals surface area contributed by atoms with Crippen molar-refractivity contribution in [2.24, 2.45) is 10.8 Å². The Morgan fingerprint density at radius 2 is 1.80 bits per heavy atom. The summed E-state index contributed by atoms with van der Waals surface area (Å²) in [5, 5.41) is 2.35. The van der Waals surface area contributed by atoms with Gasteiger partial charge in [0.15, 0.2) is 5.78 Å². The average Bonchev–Trinajstić information content (AvgIpc) is 2.70. The van der Waals surface area contributed by atoms with Crippen molar-refractivity contribution in [1.82, 2.24) is 10.3 Å². The second-order valence-electron chi connectivity index (χ2n) is 12.1. The summed E-state index contributed by atoms with van der Waals surface area (Å²) < 4.78 is 45.7. The van der Waals surface area contributed by atoms with Gasteiger partial charge in [0.1, 0.15) is 5.70 Å². The Balaban J connectivity index is 2.14. The van der Waals surface area contributed by atoms with Crippen molar-refractivity contribution in [1.29, 1.82) is 0 Å². The Bertz CT molecular complexity index is 1060. The number of hydrogen-bond acceptors (Lipinski definition) is 4. The first kappa shape index (κ1) is 27.4. The van der Waals surface area contributed by atoms with Crippen LogP contribution in [-0.2, 0) is 11.2 Å². The van der Waals surface area contributed by atoms with Gasteiger partial charge in [-0.15, -0.1) is 0 Å². The van der Waals surface area contributed by atoms with Crippen molar-refractivity contribution in [2.75, 3.05) is 6.54 Å². The molecule has 0 saturated carbocycles. The molecule has 1 aromatic heterocycles. The zero-order valence-electron chi connectivity index (χ0n) is 22.4. The van der Waals surface area contributed by atoms with E-state index < -0.39 is 11.9 Å². The number of dihydropyridines is 1. The lowest BCUT2D eigenvalue weighted by Gasteiger charge is -2.41. The minimum Gasteiger partial charge on any atom is -0.377 e. The molecule has 1 aliphatic carbocycles. The Hall–Kier alpha value is -2.15. The van der Waals surface area contributed by atoms with E-state index in [4.69, 9.17) is 9.72 Å². The quantitative estimate of drug-likeness (QED) is 0.444. The first-order chi connectivity index (χ1) is 15.9. The molecule has 0 bridgehead atoms. The van der Waals surface area contributed by atoms with Crippen LogP contribution in [0.2, 0.25) is 0 Å². The minimum atomic E-state index is -4.47. The second kappa shape index (κ2) is 9.38. The molecule has 2 atom stereocenters. The molecule has 0 spiro atoms. The number of hydrogen-bond donors (Lipinski definition) is 1. The van der Waals surface area contributed by atoms with Gasteiger partial charge >= 0.3 is 6.18 Å². The molecular weight excluding hydrogens is 453 g/mol. The number of allylic oxidation sites excluding steroid dienone is 3. The number of nitrogens with zero attached hydrogens (tertiary/aromatic N) is 1. The molecule has 7 heteroatoms. The highest BCUT2D eigenvalue weighted by Gasteiger charge is 2.40. The van der Waals surface area contributed by atoms with Gasteiger partial charge in [-0.25, -0.2) is 0 Å². The van der Waals surface area contributed by atoms with Crippen molar-refractivity contribution in [3.63, 3.8) is 0 Å². The van der Waals surface area contributed by atoms with Gasteiger partial charge in [0.2, 0.25) is 0 Å². The van der Waals surface area contributed by atoms with Gasteiger partial charge in [-0.2, -0.15) is 13.2 Å². The highest BCUT2D eigenvalue weighted by atomic mass is 19.4. The summed E-state index contributed by atoms with van der Waals surface area (Å²) >= 11 is 0. The van der Waals surface area contributed by atoms with E-state index in [0.29, 0.717) is 16.8 Å². The molecule has 0 aromatic carbocycles. The maximum absolute atomic E-state index is 13.7. The molecular formula is C28H39F3N2O2. The summed E-state index contributed by atoms with van der Waals surface area (Å²) in [5.41, 5.74) is 3.32. The maximum atomic E-state index is 13.7. The monoisotopic (exact) mass is 492 g/mol. The molecule has 35 heavy (non-hydrogen) atoms. The lowest BCUT2D eigenvalue weighted by Crippen LogP contribution is -2.35. The highest BCUT2D eigenvalue weighted by Crippen LogP contribution is 2.46. The van der Waals surface area contributed by atoms with E-state index in [1.165, 1.54) is 6.08 Å². The number of aromatic nitrogens is 1. The number of alkyl halides is 3. The summed E-state index contributed by atoms with van der Waals surface area (Å²) in [4.78, 5) is 18.7. The van der Waals surface area contributed by atoms with E-state index in [2.05, 4.69) is 46.9 Å². The van der Waals surface area contributed by atoms with Crippen LogP contribution >= 0.6 is 0 Å². The predicted octanol–water partition coefficient (Wildman–Crippen LogP) is 7.14. The third-order valence-electron chi connectivity index (χ3n) is 7.19. The molecule has 4 nitrogen and oxygen atoms in total. The van der Waals surface area contributed by atoms with E-state index in [-0.39, 0.29) is 41.3 Å². The van der Waals surface area contributed by atoms with Crippen LogP contribution in [0.5, 0.6) is 0 Å². The highest BCUT2D eigenvalue weighted by molar-refractivity contribution is 6.11. The van der Waals surface area contributed by atoms with Crippen molar-refractivity contribution in [3.8, 4) is 0 Å². The van der Waals surface area contributed by atoms with E-state index in [1.54, 1.807) is 0 Å². The molecule has 0 fully saturated rings. The van der Waals surface area contributed by atoms with Gasteiger partial charge in [0.25, 0.3) is 0 Å². The van der Waals surface area contributed by atoms with E-state index in [9.17, 15) is 18.0 Å². The minimum absolute atomic E-state index is 0.0108. The summed E-state index contributed by atoms with van der Waals surface area (Å²) in [7, 11) is 0.